The number of aromatic nitrogens is 3. The van der Waals surface area contributed by atoms with Crippen LogP contribution >= 0.6 is 0 Å². The predicted octanol–water partition coefficient (Wildman–Crippen LogP) is 10.6. The summed E-state index contributed by atoms with van der Waals surface area (Å²) in [6, 6.07) is 30.2. The first-order chi connectivity index (χ1) is 21.7. The van der Waals surface area contributed by atoms with Gasteiger partial charge in [-0.05, 0) is 68.5 Å². The summed E-state index contributed by atoms with van der Waals surface area (Å²) < 4.78 is 2.11. The molecular weight excluding hydrogens is 562 g/mol. The lowest BCUT2D eigenvalue weighted by molar-refractivity contribution is 0.446. The number of phenols is 1. The second-order valence-corrected chi connectivity index (χ2v) is 15.4. The highest BCUT2D eigenvalue weighted by Gasteiger charge is 2.38. The van der Waals surface area contributed by atoms with Crippen LogP contribution in [-0.4, -0.2) is 19.6 Å². The zero-order valence-electron chi connectivity index (χ0n) is 28.4. The van der Waals surface area contributed by atoms with Crippen molar-refractivity contribution in [1.82, 2.24) is 14.5 Å². The Labute approximate surface area is 272 Å². The molecule has 2 aromatic heterocycles. The standard InChI is InChI=1S/C42H43N3O/c1-40(2,3)27-23-31(38(46)33(24-27)41(4,5)6)39-44-37-28(17-13-19-34(37)45(39)9)25-14-12-15-26(22-25)36-35-30(20-21-43-36)29-16-10-11-18-32(29)42(35,7)8/h10-24,46H,1-9H3. The Morgan fingerprint density at radius 1 is 0.696 bits per heavy atom. The number of fused-ring (bicyclic) bond motifs is 4. The third-order valence-electron chi connectivity index (χ3n) is 9.85. The van der Waals surface area contributed by atoms with Gasteiger partial charge in [-0.25, -0.2) is 4.98 Å². The minimum absolute atomic E-state index is 0.0831. The molecule has 0 amide bonds. The molecule has 4 heteroatoms. The van der Waals surface area contributed by atoms with Gasteiger partial charge in [0.1, 0.15) is 11.6 Å². The van der Waals surface area contributed by atoms with E-state index in [1.807, 2.05) is 13.2 Å². The Kier molecular flexibility index (Phi) is 6.62. The molecule has 0 spiro atoms. The van der Waals surface area contributed by atoms with Crippen LogP contribution in [0.1, 0.15) is 77.6 Å². The Hall–Kier alpha value is -4.70. The molecule has 0 atom stereocenters. The predicted molar refractivity (Wildman–Crippen MR) is 191 cm³/mol. The molecule has 0 saturated heterocycles. The summed E-state index contributed by atoms with van der Waals surface area (Å²) in [4.78, 5) is 10.2. The fraction of sp³-hybridized carbons (Fsp3) is 0.286. The van der Waals surface area contributed by atoms with Gasteiger partial charge >= 0.3 is 0 Å². The van der Waals surface area contributed by atoms with Gasteiger partial charge in [-0.3, -0.25) is 4.98 Å². The minimum Gasteiger partial charge on any atom is -0.507 e. The number of hydrogen-bond donors (Lipinski definition) is 1. The summed E-state index contributed by atoms with van der Waals surface area (Å²) in [6.45, 7) is 17.7. The highest BCUT2D eigenvalue weighted by molar-refractivity contribution is 5.96. The maximum atomic E-state index is 11.7. The number of phenolic OH excluding ortho intramolecular Hbond substituents is 1. The zero-order chi connectivity index (χ0) is 32.8. The third kappa shape index (κ3) is 4.57. The van der Waals surface area contributed by atoms with Crippen molar-refractivity contribution in [3.63, 3.8) is 0 Å². The highest BCUT2D eigenvalue weighted by Crippen LogP contribution is 2.51. The van der Waals surface area contributed by atoms with Crippen LogP contribution < -0.4 is 0 Å². The van der Waals surface area contributed by atoms with E-state index in [0.29, 0.717) is 5.75 Å². The van der Waals surface area contributed by atoms with Crippen molar-refractivity contribution in [2.45, 2.75) is 71.6 Å². The van der Waals surface area contributed by atoms with E-state index in [4.69, 9.17) is 9.97 Å². The lowest BCUT2D eigenvalue weighted by Gasteiger charge is -2.27. The molecule has 2 heterocycles. The van der Waals surface area contributed by atoms with E-state index in [1.54, 1.807) is 0 Å². The number of benzene rings is 4. The number of para-hydroxylation sites is 1. The summed E-state index contributed by atoms with van der Waals surface area (Å²) in [7, 11) is 2.04. The monoisotopic (exact) mass is 605 g/mol. The minimum atomic E-state index is -0.224. The summed E-state index contributed by atoms with van der Waals surface area (Å²) in [5, 5.41) is 11.7. The van der Waals surface area contributed by atoms with Gasteiger partial charge in [0.2, 0.25) is 0 Å². The van der Waals surface area contributed by atoms with Crippen LogP contribution in [0.25, 0.3) is 55.9 Å². The largest absolute Gasteiger partial charge is 0.507 e. The lowest BCUT2D eigenvalue weighted by Crippen LogP contribution is -2.17. The SMILES string of the molecule is Cn1c(-c2cc(C(C)(C)C)cc(C(C)(C)C)c2O)nc2c(-c3cccc(-c4nccc5c4C(C)(C)c4ccccc4-5)c3)cccc21. The second-order valence-electron chi connectivity index (χ2n) is 15.4. The normalized spacial score (nSPS) is 14.0. The topological polar surface area (TPSA) is 50.9 Å². The average molecular weight is 606 g/mol. The van der Waals surface area contributed by atoms with Crippen LogP contribution in [0.4, 0.5) is 0 Å². The van der Waals surface area contributed by atoms with Crippen LogP contribution in [-0.2, 0) is 23.3 Å². The van der Waals surface area contributed by atoms with E-state index in [0.717, 1.165) is 50.4 Å². The molecule has 46 heavy (non-hydrogen) atoms. The Balaban J connectivity index is 1.39. The van der Waals surface area contributed by atoms with E-state index in [1.165, 1.54) is 27.8 Å². The van der Waals surface area contributed by atoms with Crippen LogP contribution in [0.5, 0.6) is 5.75 Å². The molecule has 1 aliphatic rings. The fourth-order valence-electron chi connectivity index (χ4n) is 7.27. The van der Waals surface area contributed by atoms with E-state index in [2.05, 4.69) is 145 Å². The molecule has 0 aliphatic heterocycles. The van der Waals surface area contributed by atoms with Crippen LogP contribution in [0.2, 0.25) is 0 Å². The third-order valence-corrected chi connectivity index (χ3v) is 9.85. The van der Waals surface area contributed by atoms with Crippen molar-refractivity contribution in [3.05, 3.63) is 113 Å². The molecule has 0 fully saturated rings. The van der Waals surface area contributed by atoms with Crippen molar-refractivity contribution in [3.8, 4) is 50.6 Å². The maximum Gasteiger partial charge on any atom is 0.144 e. The first kappa shape index (κ1) is 30.0. The van der Waals surface area contributed by atoms with Crippen molar-refractivity contribution < 1.29 is 5.11 Å². The molecule has 6 aromatic rings. The number of aromatic hydroxyl groups is 1. The van der Waals surface area contributed by atoms with Gasteiger partial charge in [0.15, 0.2) is 0 Å². The highest BCUT2D eigenvalue weighted by atomic mass is 16.3. The molecule has 7 rings (SSSR count). The molecule has 1 aliphatic carbocycles. The molecule has 4 aromatic carbocycles. The summed E-state index contributed by atoms with van der Waals surface area (Å²) in [6.07, 6.45) is 1.94. The second kappa shape index (κ2) is 10.2. The van der Waals surface area contributed by atoms with Crippen molar-refractivity contribution in [2.75, 3.05) is 0 Å². The van der Waals surface area contributed by atoms with E-state index >= 15 is 0 Å². The Bertz CT molecular complexity index is 2170. The molecule has 0 radical (unpaired) electrons. The van der Waals surface area contributed by atoms with Crippen LogP contribution in [0.15, 0.2) is 91.1 Å². The van der Waals surface area contributed by atoms with Gasteiger partial charge in [0.25, 0.3) is 0 Å². The first-order valence-corrected chi connectivity index (χ1v) is 16.2. The number of nitrogens with zero attached hydrogens (tertiary/aromatic N) is 3. The molecule has 4 nitrogen and oxygen atoms in total. The van der Waals surface area contributed by atoms with Gasteiger partial charge < -0.3 is 9.67 Å². The number of rotatable bonds is 3. The van der Waals surface area contributed by atoms with Crippen LogP contribution in [0.3, 0.4) is 0 Å². The summed E-state index contributed by atoms with van der Waals surface area (Å²) >= 11 is 0. The smallest absolute Gasteiger partial charge is 0.144 e. The quantitative estimate of drug-likeness (QED) is 0.218. The first-order valence-electron chi connectivity index (χ1n) is 16.2. The van der Waals surface area contributed by atoms with Crippen LogP contribution in [0, 0.1) is 0 Å². The van der Waals surface area contributed by atoms with E-state index in [-0.39, 0.29) is 16.2 Å². The maximum absolute atomic E-state index is 11.7. The van der Waals surface area contributed by atoms with Crippen molar-refractivity contribution in [2.24, 2.45) is 7.05 Å². The Morgan fingerprint density at radius 2 is 1.39 bits per heavy atom. The Morgan fingerprint density at radius 3 is 2.13 bits per heavy atom. The molecule has 0 bridgehead atoms. The van der Waals surface area contributed by atoms with Gasteiger partial charge in [0.05, 0.1) is 22.3 Å². The molecular formula is C42H43N3O. The molecule has 0 saturated carbocycles. The van der Waals surface area contributed by atoms with E-state index < -0.39 is 0 Å². The van der Waals surface area contributed by atoms with Gasteiger partial charge in [-0.1, -0.05) is 116 Å². The van der Waals surface area contributed by atoms with Gasteiger partial charge in [0, 0.05) is 35.3 Å². The molecule has 232 valence electrons. The zero-order valence-corrected chi connectivity index (χ0v) is 28.4. The summed E-state index contributed by atoms with van der Waals surface area (Å²) in [5.41, 5.74) is 13.8. The average Bonchev–Trinajstić information content (AvgIpc) is 3.47. The number of pyridine rings is 1. The molecule has 1 N–H and O–H groups in total. The van der Waals surface area contributed by atoms with Crippen molar-refractivity contribution >= 4 is 11.0 Å². The lowest BCUT2D eigenvalue weighted by atomic mass is 9.79. The summed E-state index contributed by atoms with van der Waals surface area (Å²) in [5.74, 6) is 1.06. The molecule has 0 unspecified atom stereocenters. The van der Waals surface area contributed by atoms with Gasteiger partial charge in [-0.2, -0.15) is 0 Å². The van der Waals surface area contributed by atoms with Crippen molar-refractivity contribution in [1.29, 1.82) is 0 Å². The van der Waals surface area contributed by atoms with E-state index in [9.17, 15) is 5.11 Å². The number of imidazole rings is 1. The number of aryl methyl sites for hydroxylation is 1. The van der Waals surface area contributed by atoms with Gasteiger partial charge in [-0.15, -0.1) is 0 Å². The number of hydrogen-bond acceptors (Lipinski definition) is 3. The fourth-order valence-corrected chi connectivity index (χ4v) is 7.27.